The fourth-order valence-corrected chi connectivity index (χ4v) is 0.888. The summed E-state index contributed by atoms with van der Waals surface area (Å²) in [4.78, 5) is 9.91. The summed E-state index contributed by atoms with van der Waals surface area (Å²) in [6, 6.07) is 7.34. The molecular formula is C8H10Cl3NO. The molecule has 0 saturated heterocycles. The van der Waals surface area contributed by atoms with Gasteiger partial charge in [0.25, 0.3) is 0 Å². The molecule has 1 N–H and O–H groups in total. The van der Waals surface area contributed by atoms with E-state index < -0.39 is 0 Å². The number of amides is 1. The van der Waals surface area contributed by atoms with Crippen molar-refractivity contribution in [3.63, 3.8) is 0 Å². The van der Waals surface area contributed by atoms with E-state index in [1.165, 1.54) is 0 Å². The number of carbonyl (C=O) groups is 1. The molecule has 0 spiro atoms. The molecule has 0 fully saturated rings. The van der Waals surface area contributed by atoms with E-state index in [1.807, 2.05) is 12.1 Å². The maximum atomic E-state index is 9.91. The molecule has 1 rings (SSSR count). The first kappa shape index (κ1) is 15.1. The molecule has 1 amide bonds. The second-order valence-corrected chi connectivity index (χ2v) is 2.56. The Balaban J connectivity index is 0. The molecule has 0 heterocycles. The minimum atomic E-state index is 0. The maximum absolute atomic E-state index is 9.91. The molecule has 1 aromatic carbocycles. The van der Waals surface area contributed by atoms with E-state index in [0.29, 0.717) is 18.0 Å². The number of rotatable bonds is 3. The van der Waals surface area contributed by atoms with Gasteiger partial charge < -0.3 is 5.32 Å². The van der Waals surface area contributed by atoms with Gasteiger partial charge in [-0.3, -0.25) is 4.79 Å². The van der Waals surface area contributed by atoms with Gasteiger partial charge in [0.15, 0.2) is 0 Å². The molecule has 0 radical (unpaired) electrons. The average Bonchev–Trinajstić information content (AvgIpc) is 2.04. The van der Waals surface area contributed by atoms with E-state index in [4.69, 9.17) is 11.6 Å². The fraction of sp³-hybridized carbons (Fsp3) is 0.125. The van der Waals surface area contributed by atoms with Gasteiger partial charge in [-0.05, 0) is 17.7 Å². The van der Waals surface area contributed by atoms with E-state index in [0.717, 1.165) is 5.56 Å². The zero-order valence-electron chi connectivity index (χ0n) is 6.70. The summed E-state index contributed by atoms with van der Waals surface area (Å²) in [5.41, 5.74) is 1.04. The second-order valence-electron chi connectivity index (χ2n) is 2.13. The van der Waals surface area contributed by atoms with E-state index in [1.54, 1.807) is 12.1 Å². The molecule has 0 saturated carbocycles. The van der Waals surface area contributed by atoms with Gasteiger partial charge in [-0.15, -0.1) is 24.8 Å². The number of nitrogens with one attached hydrogen (secondary N) is 1. The lowest BCUT2D eigenvalue weighted by Crippen LogP contribution is -2.09. The Morgan fingerprint density at radius 2 is 1.77 bits per heavy atom. The van der Waals surface area contributed by atoms with Crippen molar-refractivity contribution >= 4 is 42.8 Å². The minimum Gasteiger partial charge on any atom is -0.355 e. The van der Waals surface area contributed by atoms with Gasteiger partial charge >= 0.3 is 0 Å². The number of benzene rings is 1. The Labute approximate surface area is 94.5 Å². The molecule has 0 aliphatic rings. The lowest BCUT2D eigenvalue weighted by Gasteiger charge is -1.98. The Morgan fingerprint density at radius 3 is 2.23 bits per heavy atom. The molecule has 5 heteroatoms. The van der Waals surface area contributed by atoms with Crippen LogP contribution >= 0.6 is 36.4 Å². The molecule has 0 aliphatic heterocycles. The van der Waals surface area contributed by atoms with Crippen molar-refractivity contribution in [2.75, 3.05) is 0 Å². The monoisotopic (exact) mass is 241 g/mol. The van der Waals surface area contributed by atoms with Crippen molar-refractivity contribution in [1.82, 2.24) is 5.32 Å². The van der Waals surface area contributed by atoms with E-state index in [2.05, 4.69) is 5.32 Å². The molecule has 0 unspecified atom stereocenters. The van der Waals surface area contributed by atoms with Gasteiger partial charge in [0.2, 0.25) is 6.41 Å². The van der Waals surface area contributed by atoms with Crippen LogP contribution in [0.25, 0.3) is 0 Å². The first-order chi connectivity index (χ1) is 5.33. The highest BCUT2D eigenvalue weighted by Crippen LogP contribution is 2.08. The van der Waals surface area contributed by atoms with E-state index in [9.17, 15) is 4.79 Å². The van der Waals surface area contributed by atoms with Gasteiger partial charge in [0.05, 0.1) is 0 Å². The molecular weight excluding hydrogens is 232 g/mol. The largest absolute Gasteiger partial charge is 0.355 e. The third-order valence-corrected chi connectivity index (χ3v) is 1.55. The van der Waals surface area contributed by atoms with Gasteiger partial charge in [0.1, 0.15) is 0 Å². The van der Waals surface area contributed by atoms with Crippen molar-refractivity contribution in [3.05, 3.63) is 34.9 Å². The van der Waals surface area contributed by atoms with Crippen molar-refractivity contribution in [1.29, 1.82) is 0 Å². The van der Waals surface area contributed by atoms with Crippen LogP contribution in [0, 0.1) is 0 Å². The normalized spacial score (nSPS) is 7.77. The summed E-state index contributed by atoms with van der Waals surface area (Å²) in [7, 11) is 0. The van der Waals surface area contributed by atoms with Crippen LogP contribution in [0.15, 0.2) is 24.3 Å². The van der Waals surface area contributed by atoms with Crippen LogP contribution in [0.2, 0.25) is 5.02 Å². The van der Waals surface area contributed by atoms with E-state index >= 15 is 0 Å². The van der Waals surface area contributed by atoms with Crippen LogP contribution < -0.4 is 5.32 Å². The Bertz CT molecular complexity index is 238. The molecule has 74 valence electrons. The van der Waals surface area contributed by atoms with Crippen molar-refractivity contribution in [2.45, 2.75) is 6.54 Å². The highest BCUT2D eigenvalue weighted by atomic mass is 35.5. The van der Waals surface area contributed by atoms with Gasteiger partial charge in [0, 0.05) is 11.6 Å². The van der Waals surface area contributed by atoms with Crippen LogP contribution in [-0.4, -0.2) is 6.41 Å². The summed E-state index contributed by atoms with van der Waals surface area (Å²) < 4.78 is 0. The first-order valence-corrected chi connectivity index (χ1v) is 3.62. The molecule has 0 bridgehead atoms. The van der Waals surface area contributed by atoms with Gasteiger partial charge in [-0.2, -0.15) is 0 Å². The van der Waals surface area contributed by atoms with Crippen LogP contribution in [-0.2, 0) is 11.3 Å². The summed E-state index contributed by atoms with van der Waals surface area (Å²) in [6.07, 6.45) is 0.675. The summed E-state index contributed by atoms with van der Waals surface area (Å²) in [5, 5.41) is 3.27. The molecule has 1 aromatic rings. The average molecular weight is 243 g/mol. The van der Waals surface area contributed by atoms with Gasteiger partial charge in [-0.25, -0.2) is 0 Å². The lowest BCUT2D eigenvalue weighted by atomic mass is 10.2. The molecule has 2 nitrogen and oxygen atoms in total. The number of carbonyl (C=O) groups excluding carboxylic acids is 1. The smallest absolute Gasteiger partial charge is 0.207 e. The number of halogens is 3. The third kappa shape index (κ3) is 5.75. The highest BCUT2D eigenvalue weighted by Gasteiger charge is 1.89. The third-order valence-electron chi connectivity index (χ3n) is 1.30. The molecule has 0 aromatic heterocycles. The molecule has 0 atom stereocenters. The van der Waals surface area contributed by atoms with Crippen LogP contribution in [0.1, 0.15) is 5.56 Å². The molecule has 13 heavy (non-hydrogen) atoms. The van der Waals surface area contributed by atoms with Crippen molar-refractivity contribution in [2.24, 2.45) is 0 Å². The maximum Gasteiger partial charge on any atom is 0.207 e. The lowest BCUT2D eigenvalue weighted by molar-refractivity contribution is -0.109. The zero-order valence-corrected chi connectivity index (χ0v) is 9.09. The highest BCUT2D eigenvalue weighted by molar-refractivity contribution is 6.30. The Morgan fingerprint density at radius 1 is 1.23 bits per heavy atom. The molecule has 0 aliphatic carbocycles. The quantitative estimate of drug-likeness (QED) is 0.811. The minimum absolute atomic E-state index is 0. The first-order valence-electron chi connectivity index (χ1n) is 3.24. The second kappa shape index (κ2) is 8.17. The summed E-state index contributed by atoms with van der Waals surface area (Å²) in [5.74, 6) is 0. The Hall–Kier alpha value is -0.440. The predicted molar refractivity (Wildman–Crippen MR) is 58.9 cm³/mol. The van der Waals surface area contributed by atoms with Crippen LogP contribution in [0.5, 0.6) is 0 Å². The van der Waals surface area contributed by atoms with E-state index in [-0.39, 0.29) is 24.8 Å². The van der Waals surface area contributed by atoms with Crippen LogP contribution in [0.3, 0.4) is 0 Å². The Kier molecular flexibility index (Phi) is 9.46. The summed E-state index contributed by atoms with van der Waals surface area (Å²) >= 11 is 5.66. The number of hydrogen-bond donors (Lipinski definition) is 1. The summed E-state index contributed by atoms with van der Waals surface area (Å²) in [6.45, 7) is 0.556. The number of hydrogen-bond acceptors (Lipinski definition) is 1. The van der Waals surface area contributed by atoms with Crippen molar-refractivity contribution in [3.8, 4) is 0 Å². The standard InChI is InChI=1S/C8H8ClNO.2ClH/c9-8-3-1-7(2-4-8)5-10-6-11;;/h1-4,6H,5H2,(H,10,11);2*1H. The fourth-order valence-electron chi connectivity index (χ4n) is 0.762. The van der Waals surface area contributed by atoms with Crippen molar-refractivity contribution < 1.29 is 4.79 Å². The predicted octanol–water partition coefficient (Wildman–Crippen LogP) is 2.43. The topological polar surface area (TPSA) is 29.1 Å². The zero-order chi connectivity index (χ0) is 8.10. The van der Waals surface area contributed by atoms with Crippen LogP contribution in [0.4, 0.5) is 0 Å². The van der Waals surface area contributed by atoms with Gasteiger partial charge in [-0.1, -0.05) is 23.7 Å². The SMILES string of the molecule is Cl.Cl.O=CNCc1ccc(Cl)cc1.